The molecule has 3 aromatic rings. The molecule has 7 heteroatoms. The quantitative estimate of drug-likeness (QED) is 0.551. The highest BCUT2D eigenvalue weighted by molar-refractivity contribution is 6.08. The largest absolute Gasteiger partial charge is 0.464 e. The van der Waals surface area contributed by atoms with Gasteiger partial charge in [0.05, 0.1) is 12.6 Å². The maximum absolute atomic E-state index is 13.0. The van der Waals surface area contributed by atoms with Gasteiger partial charge in [-0.05, 0) is 48.9 Å². The lowest BCUT2D eigenvalue weighted by molar-refractivity contribution is 0.0595. The van der Waals surface area contributed by atoms with E-state index in [4.69, 9.17) is 10.5 Å². The third kappa shape index (κ3) is 3.48. The van der Waals surface area contributed by atoms with Gasteiger partial charge in [-0.15, -0.1) is 0 Å². The number of ether oxygens (including phenoxy) is 1. The zero-order chi connectivity index (χ0) is 19.6. The third-order valence-electron chi connectivity index (χ3n) is 4.39. The van der Waals surface area contributed by atoms with Gasteiger partial charge < -0.3 is 15.4 Å². The SMILES string of the molecule is CCCN(C)c1ccc(C(=O)n2nc(C(=O)OC)c3cc(N)ccc32)cc1. The Balaban J connectivity index is 2.02. The van der Waals surface area contributed by atoms with E-state index in [0.717, 1.165) is 18.7 Å². The van der Waals surface area contributed by atoms with Crippen molar-refractivity contribution >= 4 is 34.2 Å². The number of esters is 1. The third-order valence-corrected chi connectivity index (χ3v) is 4.39. The molecule has 0 amide bonds. The highest BCUT2D eigenvalue weighted by atomic mass is 16.5. The van der Waals surface area contributed by atoms with Gasteiger partial charge in [0.25, 0.3) is 5.91 Å². The van der Waals surface area contributed by atoms with E-state index in [1.54, 1.807) is 30.3 Å². The number of rotatable bonds is 5. The fourth-order valence-corrected chi connectivity index (χ4v) is 2.98. The average Bonchev–Trinajstić information content (AvgIpc) is 3.05. The monoisotopic (exact) mass is 366 g/mol. The van der Waals surface area contributed by atoms with Gasteiger partial charge in [0.15, 0.2) is 5.69 Å². The summed E-state index contributed by atoms with van der Waals surface area (Å²) in [6, 6.07) is 12.3. The van der Waals surface area contributed by atoms with E-state index in [1.165, 1.54) is 11.8 Å². The highest BCUT2D eigenvalue weighted by Crippen LogP contribution is 2.23. The van der Waals surface area contributed by atoms with E-state index in [1.807, 2.05) is 19.2 Å². The van der Waals surface area contributed by atoms with Gasteiger partial charge in [0.2, 0.25) is 0 Å². The maximum atomic E-state index is 13.0. The first-order chi connectivity index (χ1) is 13.0. The number of aromatic nitrogens is 2. The Morgan fingerprint density at radius 3 is 2.52 bits per heavy atom. The molecule has 7 nitrogen and oxygen atoms in total. The number of fused-ring (bicyclic) bond motifs is 1. The summed E-state index contributed by atoms with van der Waals surface area (Å²) in [6.07, 6.45) is 1.04. The lowest BCUT2D eigenvalue weighted by Crippen LogP contribution is -2.18. The number of nitrogens with two attached hydrogens (primary N) is 1. The minimum absolute atomic E-state index is 0.0625. The molecule has 1 heterocycles. The molecule has 0 saturated carbocycles. The molecule has 0 fully saturated rings. The van der Waals surface area contributed by atoms with E-state index in [0.29, 0.717) is 22.2 Å². The predicted molar refractivity (Wildman–Crippen MR) is 105 cm³/mol. The van der Waals surface area contributed by atoms with Gasteiger partial charge >= 0.3 is 5.97 Å². The molecule has 2 N–H and O–H groups in total. The van der Waals surface area contributed by atoms with Crippen LogP contribution in [0.5, 0.6) is 0 Å². The van der Waals surface area contributed by atoms with Crippen molar-refractivity contribution in [2.75, 3.05) is 31.3 Å². The Labute approximate surface area is 157 Å². The number of nitrogen functional groups attached to an aromatic ring is 1. The van der Waals surface area contributed by atoms with E-state index >= 15 is 0 Å². The topological polar surface area (TPSA) is 90.5 Å². The molecule has 0 aliphatic rings. The molecule has 0 aliphatic heterocycles. The van der Waals surface area contributed by atoms with Crippen LogP contribution in [0.4, 0.5) is 11.4 Å². The maximum Gasteiger partial charge on any atom is 0.359 e. The molecule has 0 spiro atoms. The molecule has 0 atom stereocenters. The predicted octanol–water partition coefficient (Wildman–Crippen LogP) is 2.94. The summed E-state index contributed by atoms with van der Waals surface area (Å²) in [6.45, 7) is 3.05. The van der Waals surface area contributed by atoms with Crippen LogP contribution in [0.15, 0.2) is 42.5 Å². The number of carbonyl (C=O) groups excluding carboxylic acids is 2. The van der Waals surface area contributed by atoms with Crippen LogP contribution in [0.2, 0.25) is 0 Å². The van der Waals surface area contributed by atoms with E-state index in [-0.39, 0.29) is 11.6 Å². The number of carbonyl (C=O) groups is 2. The first kappa shape index (κ1) is 18.4. The zero-order valence-corrected chi connectivity index (χ0v) is 15.6. The van der Waals surface area contributed by atoms with Crippen LogP contribution in [0, 0.1) is 0 Å². The molecule has 0 unspecified atom stereocenters. The molecular formula is C20H22N4O3. The molecule has 1 aromatic heterocycles. The number of anilines is 2. The Kier molecular flexibility index (Phi) is 5.12. The summed E-state index contributed by atoms with van der Waals surface area (Å²) in [5.41, 5.74) is 8.36. The van der Waals surface area contributed by atoms with E-state index in [9.17, 15) is 9.59 Å². The fourth-order valence-electron chi connectivity index (χ4n) is 2.98. The normalized spacial score (nSPS) is 10.8. The summed E-state index contributed by atoms with van der Waals surface area (Å²) in [7, 11) is 3.28. The van der Waals surface area contributed by atoms with Crippen molar-refractivity contribution in [2.24, 2.45) is 0 Å². The Morgan fingerprint density at radius 2 is 1.89 bits per heavy atom. The van der Waals surface area contributed by atoms with Crippen LogP contribution < -0.4 is 10.6 Å². The van der Waals surface area contributed by atoms with Crippen molar-refractivity contribution in [3.63, 3.8) is 0 Å². The molecular weight excluding hydrogens is 344 g/mol. The lowest BCUT2D eigenvalue weighted by Gasteiger charge is -2.18. The van der Waals surface area contributed by atoms with Crippen molar-refractivity contribution in [3.8, 4) is 0 Å². The summed E-state index contributed by atoms with van der Waals surface area (Å²) in [4.78, 5) is 27.1. The fraction of sp³-hybridized carbons (Fsp3) is 0.250. The number of benzene rings is 2. The van der Waals surface area contributed by atoms with Gasteiger partial charge in [-0.2, -0.15) is 9.78 Å². The number of hydrogen-bond acceptors (Lipinski definition) is 6. The van der Waals surface area contributed by atoms with Crippen molar-refractivity contribution in [1.82, 2.24) is 9.78 Å². The van der Waals surface area contributed by atoms with Crippen LogP contribution in [0.1, 0.15) is 34.2 Å². The second-order valence-corrected chi connectivity index (χ2v) is 6.30. The average molecular weight is 366 g/mol. The van der Waals surface area contributed by atoms with Crippen LogP contribution >= 0.6 is 0 Å². The Bertz CT molecular complexity index is 992. The van der Waals surface area contributed by atoms with Gasteiger partial charge in [-0.25, -0.2) is 4.79 Å². The molecule has 3 rings (SSSR count). The van der Waals surface area contributed by atoms with Crippen molar-refractivity contribution in [1.29, 1.82) is 0 Å². The molecule has 0 aliphatic carbocycles. The van der Waals surface area contributed by atoms with Crippen LogP contribution in [0.25, 0.3) is 10.9 Å². The zero-order valence-electron chi connectivity index (χ0n) is 15.6. The second-order valence-electron chi connectivity index (χ2n) is 6.30. The summed E-state index contributed by atoms with van der Waals surface area (Å²) in [5.74, 6) is -0.946. The smallest absolute Gasteiger partial charge is 0.359 e. The van der Waals surface area contributed by atoms with Crippen LogP contribution in [-0.4, -0.2) is 42.4 Å². The lowest BCUT2D eigenvalue weighted by atomic mass is 10.1. The first-order valence-electron chi connectivity index (χ1n) is 8.68. The second kappa shape index (κ2) is 7.49. The van der Waals surface area contributed by atoms with Gasteiger partial charge in [-0.1, -0.05) is 6.92 Å². The number of hydrogen-bond donors (Lipinski definition) is 1. The minimum atomic E-state index is -0.617. The first-order valence-corrected chi connectivity index (χ1v) is 8.68. The van der Waals surface area contributed by atoms with Crippen LogP contribution in [-0.2, 0) is 4.74 Å². The molecule has 0 radical (unpaired) electrons. The molecule has 2 aromatic carbocycles. The number of methoxy groups -OCH3 is 1. The Hall–Kier alpha value is -3.35. The van der Waals surface area contributed by atoms with Gasteiger partial charge in [0, 0.05) is 35.9 Å². The highest BCUT2D eigenvalue weighted by Gasteiger charge is 2.22. The summed E-state index contributed by atoms with van der Waals surface area (Å²) >= 11 is 0. The van der Waals surface area contributed by atoms with E-state index in [2.05, 4.69) is 16.9 Å². The van der Waals surface area contributed by atoms with Gasteiger partial charge in [-0.3, -0.25) is 4.79 Å². The van der Waals surface area contributed by atoms with Crippen LogP contribution in [0.3, 0.4) is 0 Å². The Morgan fingerprint density at radius 1 is 1.19 bits per heavy atom. The summed E-state index contributed by atoms with van der Waals surface area (Å²) < 4.78 is 5.99. The number of nitrogens with zero attached hydrogens (tertiary/aromatic N) is 3. The van der Waals surface area contributed by atoms with Crippen molar-refractivity contribution < 1.29 is 14.3 Å². The molecule has 0 saturated heterocycles. The summed E-state index contributed by atoms with van der Waals surface area (Å²) in [5, 5.41) is 4.67. The van der Waals surface area contributed by atoms with E-state index < -0.39 is 5.97 Å². The molecule has 27 heavy (non-hydrogen) atoms. The van der Waals surface area contributed by atoms with Crippen molar-refractivity contribution in [3.05, 3.63) is 53.7 Å². The minimum Gasteiger partial charge on any atom is -0.464 e. The standard InChI is InChI=1S/C20H22N4O3/c1-4-11-23(2)15-8-5-13(6-9-15)19(25)24-17-10-7-14(21)12-16(17)18(22-24)20(26)27-3/h5-10,12H,4,11,21H2,1-3H3. The molecule has 0 bridgehead atoms. The van der Waals surface area contributed by atoms with Crippen molar-refractivity contribution in [2.45, 2.75) is 13.3 Å². The molecule has 140 valence electrons. The van der Waals surface area contributed by atoms with Gasteiger partial charge in [0.1, 0.15) is 0 Å².